The van der Waals surface area contributed by atoms with E-state index in [-0.39, 0.29) is 64.3 Å². The summed E-state index contributed by atoms with van der Waals surface area (Å²) in [6, 6.07) is 22.6. The van der Waals surface area contributed by atoms with Crippen LogP contribution in [0.25, 0.3) is 0 Å². The van der Waals surface area contributed by atoms with Crippen LogP contribution in [-0.4, -0.2) is 186 Å². The molecular formula is C50H75N5O13. The lowest BCUT2D eigenvalue weighted by Crippen LogP contribution is -2.42. The Morgan fingerprint density at radius 3 is 1.47 bits per heavy atom. The highest BCUT2D eigenvalue weighted by Crippen LogP contribution is 2.33. The topological polar surface area (TPSA) is 233 Å². The van der Waals surface area contributed by atoms with Crippen LogP contribution in [0.3, 0.4) is 0 Å². The molecule has 3 atom stereocenters. The van der Waals surface area contributed by atoms with Crippen molar-refractivity contribution in [3.63, 3.8) is 0 Å². The van der Waals surface area contributed by atoms with Gasteiger partial charge in [0.25, 0.3) is 0 Å². The average Bonchev–Trinajstić information content (AvgIpc) is 3.35. The number of aliphatic hydroxyl groups excluding tert-OH is 3. The molecule has 1 saturated heterocycles. The van der Waals surface area contributed by atoms with Crippen molar-refractivity contribution < 1.29 is 62.9 Å². The number of hydrogen-bond donors (Lipinski definition) is 6. The lowest BCUT2D eigenvalue weighted by atomic mass is 9.78. The van der Waals surface area contributed by atoms with Gasteiger partial charge in [0.15, 0.2) is 0 Å². The Morgan fingerprint density at radius 1 is 0.618 bits per heavy atom. The van der Waals surface area contributed by atoms with E-state index >= 15 is 0 Å². The molecule has 3 unspecified atom stereocenters. The maximum absolute atomic E-state index is 12.8. The Morgan fingerprint density at radius 2 is 1.03 bits per heavy atom. The Kier molecular flexibility index (Phi) is 25.6. The lowest BCUT2D eigenvalue weighted by molar-refractivity contribution is -0.148. The van der Waals surface area contributed by atoms with Crippen LogP contribution < -0.4 is 30.6 Å². The third kappa shape index (κ3) is 22.5. The molecule has 68 heavy (non-hydrogen) atoms. The standard InChI is InChI=1S/C50H75N5O13/c1-38-4-10-44(11-5-38)63-32-42(57)36-67-48(60)17-24-54(26-27-55-28-30-62-31-29-55)25-18-49(61)68-37-43(58)34-65-46-14-8-40(9-15-46)50(2,3)39-6-12-45(13-7-39)64-33-41(56)35-66-47(59)16-20-52-22-23-53-21-19-51/h4-15,41-43,52-53,56-58H,16-37,51H2,1-3H3. The van der Waals surface area contributed by atoms with E-state index in [0.717, 1.165) is 49.4 Å². The molecule has 0 saturated carbocycles. The van der Waals surface area contributed by atoms with Crippen molar-refractivity contribution in [1.82, 2.24) is 20.4 Å². The second-order valence-corrected chi connectivity index (χ2v) is 17.3. The van der Waals surface area contributed by atoms with Gasteiger partial charge in [-0.25, -0.2) is 0 Å². The number of aliphatic hydroxyl groups is 3. The third-order valence-corrected chi connectivity index (χ3v) is 11.2. The van der Waals surface area contributed by atoms with Crippen molar-refractivity contribution in [2.45, 2.75) is 63.8 Å². The average molecular weight is 954 g/mol. The van der Waals surface area contributed by atoms with E-state index in [1.807, 2.05) is 84.6 Å². The second-order valence-electron chi connectivity index (χ2n) is 17.3. The summed E-state index contributed by atoms with van der Waals surface area (Å²) >= 11 is 0. The number of aryl methyl sites for hydroxylation is 1. The first-order valence-corrected chi connectivity index (χ1v) is 23.6. The van der Waals surface area contributed by atoms with Gasteiger partial charge >= 0.3 is 17.9 Å². The number of carbonyl (C=O) groups is 3. The van der Waals surface area contributed by atoms with Gasteiger partial charge in [-0.1, -0.05) is 55.8 Å². The van der Waals surface area contributed by atoms with Crippen molar-refractivity contribution in [3.8, 4) is 17.2 Å². The SMILES string of the molecule is Cc1ccc(OCC(O)COC(=O)CCN(CCC(=O)OCC(O)COc2ccc(C(C)(C)c3ccc(OCC(O)COC(=O)CCNCCNCCN)cc3)cc2)CCN2CCOCC2)cc1. The van der Waals surface area contributed by atoms with Crippen molar-refractivity contribution in [1.29, 1.82) is 0 Å². The molecule has 18 heteroatoms. The van der Waals surface area contributed by atoms with Gasteiger partial charge in [-0.05, 0) is 54.4 Å². The molecule has 7 N–H and O–H groups in total. The van der Waals surface area contributed by atoms with Gasteiger partial charge in [-0.3, -0.25) is 19.3 Å². The first kappa shape index (κ1) is 55.7. The molecule has 0 radical (unpaired) electrons. The number of nitrogens with one attached hydrogen (secondary N) is 2. The zero-order valence-corrected chi connectivity index (χ0v) is 40.1. The van der Waals surface area contributed by atoms with Crippen LogP contribution in [0.2, 0.25) is 0 Å². The van der Waals surface area contributed by atoms with Crippen LogP contribution in [0.5, 0.6) is 17.2 Å². The maximum atomic E-state index is 12.8. The number of carbonyl (C=O) groups excluding carboxylic acids is 3. The van der Waals surface area contributed by atoms with E-state index in [2.05, 4.69) is 29.4 Å². The van der Waals surface area contributed by atoms with Gasteiger partial charge in [0.2, 0.25) is 0 Å². The van der Waals surface area contributed by atoms with E-state index < -0.39 is 36.2 Å². The summed E-state index contributed by atoms with van der Waals surface area (Å²) in [7, 11) is 0. The highest BCUT2D eigenvalue weighted by Gasteiger charge is 2.24. The van der Waals surface area contributed by atoms with Crippen molar-refractivity contribution in [2.75, 3.05) is 125 Å². The smallest absolute Gasteiger partial charge is 0.307 e. The summed E-state index contributed by atoms with van der Waals surface area (Å²) < 4.78 is 38.4. The molecule has 3 aromatic rings. The highest BCUT2D eigenvalue weighted by atomic mass is 16.6. The molecule has 18 nitrogen and oxygen atoms in total. The van der Waals surface area contributed by atoms with Crippen LogP contribution >= 0.6 is 0 Å². The molecule has 3 aromatic carbocycles. The van der Waals surface area contributed by atoms with Gasteiger partial charge in [0, 0.05) is 77.4 Å². The van der Waals surface area contributed by atoms with Crippen LogP contribution in [0.1, 0.15) is 49.8 Å². The predicted octanol–water partition coefficient (Wildman–Crippen LogP) is 1.81. The van der Waals surface area contributed by atoms with Crippen LogP contribution in [-0.2, 0) is 38.7 Å². The summed E-state index contributed by atoms with van der Waals surface area (Å²) in [6.45, 7) is 13.7. The van der Waals surface area contributed by atoms with Crippen LogP contribution in [0.15, 0.2) is 72.8 Å². The fourth-order valence-electron chi connectivity index (χ4n) is 6.90. The molecule has 4 rings (SSSR count). The first-order valence-electron chi connectivity index (χ1n) is 23.6. The van der Waals surface area contributed by atoms with Gasteiger partial charge in [0.1, 0.15) is 75.2 Å². The highest BCUT2D eigenvalue weighted by molar-refractivity contribution is 5.70. The molecule has 1 aliphatic heterocycles. The summed E-state index contributed by atoms with van der Waals surface area (Å²) in [6.07, 6.45) is -2.67. The quantitative estimate of drug-likeness (QED) is 0.0285. The fraction of sp³-hybridized carbons (Fsp3) is 0.580. The van der Waals surface area contributed by atoms with E-state index in [0.29, 0.717) is 69.7 Å². The number of benzene rings is 3. The summed E-state index contributed by atoms with van der Waals surface area (Å²) in [5.74, 6) is 0.395. The molecule has 1 heterocycles. The Bertz CT molecular complexity index is 1860. The van der Waals surface area contributed by atoms with Crippen molar-refractivity contribution >= 4 is 17.9 Å². The molecule has 1 aliphatic rings. The maximum Gasteiger partial charge on any atom is 0.307 e. The second kappa shape index (κ2) is 31.3. The minimum absolute atomic E-state index is 0.0128. The van der Waals surface area contributed by atoms with Crippen LogP contribution in [0, 0.1) is 6.92 Å². The normalized spacial score (nSPS) is 14.5. The number of morpholine rings is 1. The van der Waals surface area contributed by atoms with Gasteiger partial charge in [0.05, 0.1) is 32.5 Å². The Hall–Kier alpha value is -4.89. The molecule has 0 aromatic heterocycles. The molecule has 378 valence electrons. The van der Waals surface area contributed by atoms with E-state index in [4.69, 9.17) is 38.9 Å². The molecule has 0 spiro atoms. The van der Waals surface area contributed by atoms with Crippen LogP contribution in [0.4, 0.5) is 0 Å². The zero-order chi connectivity index (χ0) is 49.0. The zero-order valence-electron chi connectivity index (χ0n) is 40.1. The molecular weight excluding hydrogens is 879 g/mol. The fourth-order valence-corrected chi connectivity index (χ4v) is 6.90. The summed E-state index contributed by atoms with van der Waals surface area (Å²) in [5.41, 5.74) is 8.21. The monoisotopic (exact) mass is 954 g/mol. The number of nitrogens with zero attached hydrogens (tertiary/aromatic N) is 2. The Labute approximate surface area is 401 Å². The largest absolute Gasteiger partial charge is 0.491 e. The van der Waals surface area contributed by atoms with Gasteiger partial charge in [-0.2, -0.15) is 0 Å². The van der Waals surface area contributed by atoms with E-state index in [1.54, 1.807) is 0 Å². The molecule has 0 aliphatic carbocycles. The molecule has 0 bridgehead atoms. The summed E-state index contributed by atoms with van der Waals surface area (Å²) in [5, 5.41) is 37.4. The molecule has 0 amide bonds. The van der Waals surface area contributed by atoms with E-state index in [9.17, 15) is 29.7 Å². The summed E-state index contributed by atoms with van der Waals surface area (Å²) in [4.78, 5) is 41.6. The lowest BCUT2D eigenvalue weighted by Gasteiger charge is -2.30. The molecule has 1 fully saturated rings. The minimum atomic E-state index is -1.05. The minimum Gasteiger partial charge on any atom is -0.491 e. The first-order chi connectivity index (χ1) is 32.8. The van der Waals surface area contributed by atoms with Crippen molar-refractivity contribution in [2.24, 2.45) is 5.73 Å². The number of esters is 3. The number of nitrogens with two attached hydrogens (primary N) is 1. The van der Waals surface area contributed by atoms with Gasteiger partial charge in [-0.15, -0.1) is 0 Å². The van der Waals surface area contributed by atoms with Crippen molar-refractivity contribution in [3.05, 3.63) is 89.5 Å². The number of rotatable bonds is 34. The Balaban J connectivity index is 1.12. The number of hydrogen-bond acceptors (Lipinski definition) is 18. The van der Waals surface area contributed by atoms with E-state index in [1.165, 1.54) is 0 Å². The number of ether oxygens (including phenoxy) is 7. The predicted molar refractivity (Wildman–Crippen MR) is 256 cm³/mol. The van der Waals surface area contributed by atoms with Gasteiger partial charge < -0.3 is 69.7 Å². The third-order valence-electron chi connectivity index (χ3n) is 11.2.